The van der Waals surface area contributed by atoms with E-state index in [9.17, 15) is 4.79 Å². The summed E-state index contributed by atoms with van der Waals surface area (Å²) in [6.07, 6.45) is 1.99. The molecular weight excluding hydrogens is 212 g/mol. The first-order valence-corrected chi connectivity index (χ1v) is 5.40. The van der Waals surface area contributed by atoms with Crippen molar-refractivity contribution in [2.24, 2.45) is 0 Å². The van der Waals surface area contributed by atoms with E-state index in [1.54, 1.807) is 5.94 Å². The highest BCUT2D eigenvalue weighted by Crippen LogP contribution is 2.25. The molecule has 17 heavy (non-hydrogen) atoms. The van der Waals surface area contributed by atoms with Gasteiger partial charge in [0.05, 0.1) is 0 Å². The molecule has 2 nitrogen and oxygen atoms in total. The van der Waals surface area contributed by atoms with Gasteiger partial charge < -0.3 is 4.74 Å². The SMILES string of the molecule is O=C=CCc1ccccc1Oc1ccccc1. The normalized spacial score (nSPS) is 9.41. The molecular formula is C15H12O2. The minimum absolute atomic E-state index is 0.534. The molecule has 84 valence electrons. The molecule has 0 bridgehead atoms. The molecule has 0 aliphatic rings. The van der Waals surface area contributed by atoms with E-state index < -0.39 is 0 Å². The molecule has 0 saturated carbocycles. The number of allylic oxidation sites excluding steroid dienone is 1. The van der Waals surface area contributed by atoms with Crippen LogP contribution in [0.2, 0.25) is 0 Å². The molecule has 0 aliphatic heterocycles. The van der Waals surface area contributed by atoms with Crippen LogP contribution in [0.1, 0.15) is 5.56 Å². The first kappa shape index (κ1) is 11.2. The molecule has 0 aromatic heterocycles. The zero-order chi connectivity index (χ0) is 11.9. The average Bonchev–Trinajstić information content (AvgIpc) is 2.39. The summed E-state index contributed by atoms with van der Waals surface area (Å²) in [5.41, 5.74) is 0.972. The van der Waals surface area contributed by atoms with Crippen LogP contribution in [0.3, 0.4) is 0 Å². The van der Waals surface area contributed by atoms with Gasteiger partial charge in [-0.1, -0.05) is 36.4 Å². The molecule has 0 amide bonds. The topological polar surface area (TPSA) is 26.3 Å². The number of ether oxygens (including phenoxy) is 1. The Hall–Kier alpha value is -2.31. The van der Waals surface area contributed by atoms with E-state index in [0.29, 0.717) is 6.42 Å². The molecule has 2 aromatic carbocycles. The van der Waals surface area contributed by atoms with Crippen molar-refractivity contribution in [1.82, 2.24) is 0 Å². The van der Waals surface area contributed by atoms with E-state index in [-0.39, 0.29) is 0 Å². The number of para-hydroxylation sites is 2. The Labute approximate surface area is 100 Å². The molecule has 0 aliphatic carbocycles. The van der Waals surface area contributed by atoms with Crippen LogP contribution in [0.4, 0.5) is 0 Å². The number of rotatable bonds is 4. The van der Waals surface area contributed by atoms with Gasteiger partial charge in [0, 0.05) is 12.5 Å². The van der Waals surface area contributed by atoms with E-state index in [1.807, 2.05) is 54.6 Å². The van der Waals surface area contributed by atoms with E-state index >= 15 is 0 Å². The van der Waals surface area contributed by atoms with Crippen molar-refractivity contribution >= 4 is 5.94 Å². The van der Waals surface area contributed by atoms with Crippen molar-refractivity contribution < 1.29 is 9.53 Å². The zero-order valence-corrected chi connectivity index (χ0v) is 9.30. The minimum Gasteiger partial charge on any atom is -0.457 e. The van der Waals surface area contributed by atoms with Crippen LogP contribution >= 0.6 is 0 Å². The van der Waals surface area contributed by atoms with Crippen molar-refractivity contribution in [1.29, 1.82) is 0 Å². The summed E-state index contributed by atoms with van der Waals surface area (Å²) in [5.74, 6) is 3.33. The summed E-state index contributed by atoms with van der Waals surface area (Å²) < 4.78 is 5.76. The summed E-state index contributed by atoms with van der Waals surface area (Å²) in [4.78, 5) is 10.2. The Morgan fingerprint density at radius 2 is 1.71 bits per heavy atom. The molecule has 0 N–H and O–H groups in total. The second-order valence-electron chi connectivity index (χ2n) is 3.55. The fourth-order valence-electron chi connectivity index (χ4n) is 1.54. The van der Waals surface area contributed by atoms with Gasteiger partial charge in [0.25, 0.3) is 0 Å². The predicted molar refractivity (Wildman–Crippen MR) is 66.9 cm³/mol. The Bertz CT molecular complexity index is 526. The Morgan fingerprint density at radius 1 is 1.00 bits per heavy atom. The van der Waals surface area contributed by atoms with Crippen LogP contribution in [0, 0.1) is 0 Å². The van der Waals surface area contributed by atoms with Crippen molar-refractivity contribution in [2.75, 3.05) is 0 Å². The largest absolute Gasteiger partial charge is 0.457 e. The Morgan fingerprint density at radius 3 is 2.47 bits per heavy atom. The summed E-state index contributed by atoms with van der Waals surface area (Å²) in [5, 5.41) is 0. The standard InChI is InChI=1S/C15H12O2/c16-12-6-8-13-7-4-5-11-15(13)17-14-9-2-1-3-10-14/h1-7,9-11H,8H2. The van der Waals surface area contributed by atoms with Gasteiger partial charge in [-0.15, -0.1) is 0 Å². The highest BCUT2D eigenvalue weighted by Gasteiger charge is 2.02. The number of carbonyl (C=O) groups excluding carboxylic acids is 1. The van der Waals surface area contributed by atoms with Crippen LogP contribution in [-0.2, 0) is 11.2 Å². The lowest BCUT2D eigenvalue weighted by atomic mass is 10.1. The van der Waals surface area contributed by atoms with Gasteiger partial charge in [-0.3, -0.25) is 0 Å². The van der Waals surface area contributed by atoms with E-state index in [4.69, 9.17) is 4.74 Å². The third-order valence-electron chi connectivity index (χ3n) is 2.35. The Balaban J connectivity index is 2.23. The maximum Gasteiger partial charge on any atom is 0.130 e. The minimum atomic E-state index is 0.534. The molecule has 0 atom stereocenters. The zero-order valence-electron chi connectivity index (χ0n) is 9.30. The average molecular weight is 224 g/mol. The van der Waals surface area contributed by atoms with Gasteiger partial charge in [-0.05, 0) is 23.8 Å². The highest BCUT2D eigenvalue weighted by molar-refractivity contribution is 5.48. The van der Waals surface area contributed by atoms with E-state index in [2.05, 4.69) is 0 Å². The molecule has 0 heterocycles. The molecule has 0 spiro atoms. The highest BCUT2D eigenvalue weighted by atomic mass is 16.5. The summed E-state index contributed by atoms with van der Waals surface area (Å²) in [6.45, 7) is 0. The van der Waals surface area contributed by atoms with Gasteiger partial charge in [0.1, 0.15) is 17.4 Å². The fraction of sp³-hybridized carbons (Fsp3) is 0.0667. The summed E-state index contributed by atoms with van der Waals surface area (Å²) >= 11 is 0. The van der Waals surface area contributed by atoms with Gasteiger partial charge in [-0.25, -0.2) is 4.79 Å². The van der Waals surface area contributed by atoms with E-state index in [0.717, 1.165) is 17.1 Å². The second-order valence-corrected chi connectivity index (χ2v) is 3.55. The third-order valence-corrected chi connectivity index (χ3v) is 2.35. The second kappa shape index (κ2) is 5.69. The molecule has 0 unspecified atom stereocenters. The number of hydrogen-bond donors (Lipinski definition) is 0. The van der Waals surface area contributed by atoms with Gasteiger partial charge in [-0.2, -0.15) is 0 Å². The number of hydrogen-bond acceptors (Lipinski definition) is 2. The van der Waals surface area contributed by atoms with Gasteiger partial charge in [0.2, 0.25) is 0 Å². The first-order valence-electron chi connectivity index (χ1n) is 5.40. The van der Waals surface area contributed by atoms with Crippen molar-refractivity contribution in [3.63, 3.8) is 0 Å². The first-order chi connectivity index (χ1) is 8.40. The quantitative estimate of drug-likeness (QED) is 0.744. The molecule has 2 aromatic rings. The predicted octanol–water partition coefficient (Wildman–Crippen LogP) is 3.41. The van der Waals surface area contributed by atoms with Crippen LogP contribution in [-0.4, -0.2) is 5.94 Å². The molecule has 0 radical (unpaired) electrons. The van der Waals surface area contributed by atoms with Crippen LogP contribution in [0.25, 0.3) is 0 Å². The van der Waals surface area contributed by atoms with Crippen LogP contribution < -0.4 is 4.74 Å². The lowest BCUT2D eigenvalue weighted by molar-refractivity contribution is 0.477. The number of benzene rings is 2. The van der Waals surface area contributed by atoms with Crippen LogP contribution in [0.15, 0.2) is 60.7 Å². The smallest absolute Gasteiger partial charge is 0.130 e. The third kappa shape index (κ3) is 3.07. The fourth-order valence-corrected chi connectivity index (χ4v) is 1.54. The molecule has 0 fully saturated rings. The lowest BCUT2D eigenvalue weighted by Gasteiger charge is -2.09. The maximum atomic E-state index is 10.2. The lowest BCUT2D eigenvalue weighted by Crippen LogP contribution is -1.90. The summed E-state index contributed by atoms with van der Waals surface area (Å²) in [7, 11) is 0. The maximum absolute atomic E-state index is 10.2. The Kier molecular flexibility index (Phi) is 3.74. The van der Waals surface area contributed by atoms with Crippen LogP contribution in [0.5, 0.6) is 11.5 Å². The molecule has 2 heteroatoms. The van der Waals surface area contributed by atoms with Gasteiger partial charge in [0.15, 0.2) is 0 Å². The monoisotopic (exact) mass is 224 g/mol. The van der Waals surface area contributed by atoms with Crippen molar-refractivity contribution in [3.8, 4) is 11.5 Å². The molecule has 2 rings (SSSR count). The van der Waals surface area contributed by atoms with Crippen molar-refractivity contribution in [2.45, 2.75) is 6.42 Å². The van der Waals surface area contributed by atoms with Gasteiger partial charge >= 0.3 is 0 Å². The van der Waals surface area contributed by atoms with Crippen molar-refractivity contribution in [3.05, 3.63) is 66.2 Å². The summed E-state index contributed by atoms with van der Waals surface area (Å²) in [6, 6.07) is 17.2. The molecule has 0 saturated heterocycles. The van der Waals surface area contributed by atoms with E-state index in [1.165, 1.54) is 6.08 Å².